The quantitative estimate of drug-likeness (QED) is 0.0852. The number of alkyl halides is 1. The average Bonchev–Trinajstić information content (AvgIpc) is 3.04. The zero-order valence-corrected chi connectivity index (χ0v) is 25.2. The number of carbonyl (C=O) groups is 3. The third-order valence-electron chi connectivity index (χ3n) is 7.81. The molecular formula is C36H38ClNO6. The maximum absolute atomic E-state index is 13.4. The van der Waals surface area contributed by atoms with Gasteiger partial charge in [0.25, 0.3) is 0 Å². The van der Waals surface area contributed by atoms with E-state index in [1.807, 2.05) is 0 Å². The van der Waals surface area contributed by atoms with E-state index < -0.39 is 35.1 Å². The number of benzene rings is 4. The van der Waals surface area contributed by atoms with Gasteiger partial charge in [0.1, 0.15) is 11.5 Å². The third kappa shape index (κ3) is 6.33. The number of ether oxygens (including phenoxy) is 1. The van der Waals surface area contributed by atoms with Gasteiger partial charge in [-0.05, 0) is 48.6 Å². The van der Waals surface area contributed by atoms with Crippen molar-refractivity contribution in [3.05, 3.63) is 124 Å². The van der Waals surface area contributed by atoms with E-state index in [-0.39, 0.29) is 37.1 Å². The van der Waals surface area contributed by atoms with Gasteiger partial charge in [-0.15, -0.1) is 11.6 Å². The Morgan fingerprint density at radius 3 is 2.16 bits per heavy atom. The molecule has 0 radical (unpaired) electrons. The molecule has 4 aromatic carbocycles. The van der Waals surface area contributed by atoms with Gasteiger partial charge in [0.2, 0.25) is 0 Å². The van der Waals surface area contributed by atoms with Crippen LogP contribution in [0.2, 0.25) is 0 Å². The van der Waals surface area contributed by atoms with Crippen molar-refractivity contribution in [2.45, 2.75) is 38.7 Å². The Kier molecular flexibility index (Phi) is 9.65. The maximum atomic E-state index is 13.4. The molecule has 2 N–H and O–H groups in total. The highest BCUT2D eigenvalue weighted by molar-refractivity contribution is 6.30. The summed E-state index contributed by atoms with van der Waals surface area (Å²) >= 11 is 5.96. The van der Waals surface area contributed by atoms with Crippen LogP contribution >= 0.6 is 11.6 Å². The van der Waals surface area contributed by atoms with E-state index in [9.17, 15) is 24.6 Å². The number of aromatic hydroxyl groups is 2. The minimum absolute atomic E-state index is 0. The van der Waals surface area contributed by atoms with E-state index in [1.54, 1.807) is 42.5 Å². The molecule has 0 heterocycles. The van der Waals surface area contributed by atoms with Crippen LogP contribution in [0, 0.1) is 0 Å². The molecule has 0 aliphatic heterocycles. The molecule has 5 rings (SSSR count). The third-order valence-corrected chi connectivity index (χ3v) is 7.98. The van der Waals surface area contributed by atoms with Crippen molar-refractivity contribution >= 4 is 34.8 Å². The van der Waals surface area contributed by atoms with Crippen LogP contribution in [-0.4, -0.2) is 46.7 Å². The molecule has 8 heteroatoms. The Morgan fingerprint density at radius 1 is 0.886 bits per heavy atom. The number of rotatable bonds is 12. The monoisotopic (exact) mass is 615 g/mol. The fourth-order valence-electron chi connectivity index (χ4n) is 5.66. The fourth-order valence-corrected chi connectivity index (χ4v) is 5.86. The summed E-state index contributed by atoms with van der Waals surface area (Å²) < 4.78 is 5.90. The van der Waals surface area contributed by atoms with Crippen molar-refractivity contribution in [2.75, 3.05) is 23.9 Å². The lowest BCUT2D eigenvalue weighted by Crippen LogP contribution is -2.26. The number of hydrogen-bond donors (Lipinski definition) is 2. The number of fused-ring (bicyclic) bond motifs is 2. The fraction of sp³-hybridized carbons (Fsp3) is 0.250. The Hall–Kier alpha value is -4.62. The van der Waals surface area contributed by atoms with Crippen LogP contribution in [0.15, 0.2) is 84.9 Å². The number of anilines is 1. The minimum atomic E-state index is -1.12. The molecule has 0 spiro atoms. The molecular weight excluding hydrogens is 578 g/mol. The van der Waals surface area contributed by atoms with Gasteiger partial charge in [-0.1, -0.05) is 73.7 Å². The van der Waals surface area contributed by atoms with Crippen LogP contribution in [0.5, 0.6) is 11.5 Å². The van der Waals surface area contributed by atoms with E-state index >= 15 is 0 Å². The van der Waals surface area contributed by atoms with Gasteiger partial charge in [-0.2, -0.15) is 0 Å². The lowest BCUT2D eigenvalue weighted by atomic mass is 9.81. The molecule has 1 aliphatic rings. The lowest BCUT2D eigenvalue weighted by molar-refractivity contribution is -0.147. The Bertz CT molecular complexity index is 1670. The Labute approximate surface area is 264 Å². The molecule has 7 nitrogen and oxygen atoms in total. The van der Waals surface area contributed by atoms with Gasteiger partial charge in [0.15, 0.2) is 17.7 Å². The topological polar surface area (TPSA) is 104 Å². The zero-order chi connectivity index (χ0) is 31.2. The van der Waals surface area contributed by atoms with Crippen molar-refractivity contribution < 1.29 is 32.2 Å². The van der Waals surface area contributed by atoms with Gasteiger partial charge in [0, 0.05) is 50.6 Å². The molecule has 0 amide bonds. The lowest BCUT2D eigenvalue weighted by Gasteiger charge is -2.25. The normalized spacial score (nSPS) is 12.8. The highest BCUT2D eigenvalue weighted by atomic mass is 35.5. The van der Waals surface area contributed by atoms with Gasteiger partial charge in [-0.3, -0.25) is 14.4 Å². The molecule has 1 aliphatic carbocycles. The summed E-state index contributed by atoms with van der Waals surface area (Å²) in [5, 5.41) is 22.3. The first-order valence-electron chi connectivity index (χ1n) is 14.8. The van der Waals surface area contributed by atoms with Crippen molar-refractivity contribution in [3.63, 3.8) is 0 Å². The van der Waals surface area contributed by atoms with Crippen LogP contribution in [0.3, 0.4) is 0 Å². The van der Waals surface area contributed by atoms with Crippen LogP contribution in [0.4, 0.5) is 5.69 Å². The number of ketones is 2. The number of halogens is 1. The first-order chi connectivity index (χ1) is 21.3. The molecule has 0 bridgehead atoms. The molecule has 0 saturated carbocycles. The molecule has 0 fully saturated rings. The largest absolute Gasteiger partial charge is 0.507 e. The molecule has 0 aromatic heterocycles. The van der Waals surface area contributed by atoms with Crippen LogP contribution in [0.25, 0.3) is 0 Å². The van der Waals surface area contributed by atoms with Gasteiger partial charge in [0.05, 0.1) is 11.1 Å². The number of phenols is 2. The summed E-state index contributed by atoms with van der Waals surface area (Å²) in [6, 6.07) is 24.5. The number of hydrogen-bond acceptors (Lipinski definition) is 7. The van der Waals surface area contributed by atoms with E-state index in [0.29, 0.717) is 24.3 Å². The smallest absolute Gasteiger partial charge is 0.306 e. The summed E-state index contributed by atoms with van der Waals surface area (Å²) in [7, 11) is 0. The van der Waals surface area contributed by atoms with Crippen LogP contribution in [-0.2, 0) is 16.0 Å². The van der Waals surface area contributed by atoms with E-state index in [1.165, 1.54) is 18.2 Å². The summed E-state index contributed by atoms with van der Waals surface area (Å²) in [6.07, 6.45) is 1.21. The van der Waals surface area contributed by atoms with E-state index in [2.05, 4.69) is 36.1 Å². The number of nitrogens with zero attached hydrogens (tertiary/aromatic N) is 1. The summed E-state index contributed by atoms with van der Waals surface area (Å²) in [6.45, 7) is 3.83. The summed E-state index contributed by atoms with van der Waals surface area (Å²) in [4.78, 5) is 42.0. The summed E-state index contributed by atoms with van der Waals surface area (Å²) in [5.41, 5.74) is 2.48. The molecule has 0 saturated heterocycles. The first kappa shape index (κ1) is 30.8. The molecule has 44 heavy (non-hydrogen) atoms. The van der Waals surface area contributed by atoms with Gasteiger partial charge < -0.3 is 19.8 Å². The SMILES string of the molecule is CCCN(CCCl)c1ccc(CCCC(=O)OC(c2ccccc2)c2cc(O)c3c(c2O)C(=O)c2ccccc2C3=O)cc1.[HH].[HH]. The second-order valence-electron chi connectivity index (χ2n) is 10.8. The van der Waals surface area contributed by atoms with Gasteiger partial charge >= 0.3 is 5.97 Å². The number of aryl methyl sites for hydroxylation is 1. The van der Waals surface area contributed by atoms with E-state index in [4.69, 9.17) is 16.3 Å². The second-order valence-corrected chi connectivity index (χ2v) is 11.1. The number of esters is 1. The van der Waals surface area contributed by atoms with Crippen LogP contribution < -0.4 is 4.90 Å². The van der Waals surface area contributed by atoms with Crippen molar-refractivity contribution in [1.82, 2.24) is 0 Å². The maximum Gasteiger partial charge on any atom is 0.306 e. The standard InChI is InChI=1S/C36H34ClNO6.2H2/c1-2-20-38(21-19-37)25-17-15-23(16-18-25)9-8-14-30(40)44-36(24-10-4-3-5-11-24)28-22-29(39)31-32(35(28)43)34(42)27-13-7-6-12-26(27)33(31)41;;/h3-7,10-13,15-18,22,36,39,43H,2,8-9,14,19-21H2,1H3;2*1H. The number of phenolic OH excluding ortho intramolecular Hbond substituents is 2. The zero-order valence-electron chi connectivity index (χ0n) is 24.5. The van der Waals surface area contributed by atoms with Crippen molar-refractivity contribution in [3.8, 4) is 11.5 Å². The van der Waals surface area contributed by atoms with Crippen molar-refractivity contribution in [1.29, 1.82) is 0 Å². The average molecular weight is 616 g/mol. The number of carbonyl (C=O) groups excluding carboxylic acids is 3. The molecule has 1 atom stereocenters. The molecule has 4 aromatic rings. The highest BCUT2D eigenvalue weighted by Gasteiger charge is 2.37. The predicted molar refractivity (Wildman–Crippen MR) is 174 cm³/mol. The second kappa shape index (κ2) is 13.8. The van der Waals surface area contributed by atoms with Gasteiger partial charge in [-0.25, -0.2) is 0 Å². The van der Waals surface area contributed by atoms with E-state index in [0.717, 1.165) is 30.8 Å². The van der Waals surface area contributed by atoms with Crippen LogP contribution in [0.1, 0.15) is 83.7 Å². The molecule has 230 valence electrons. The Morgan fingerprint density at radius 2 is 1.52 bits per heavy atom. The molecule has 1 unspecified atom stereocenters. The Balaban J connectivity index is 0.00000288. The predicted octanol–water partition coefficient (Wildman–Crippen LogP) is 7.48. The summed E-state index contributed by atoms with van der Waals surface area (Å²) in [5.74, 6) is -2.07. The minimum Gasteiger partial charge on any atom is -0.507 e. The first-order valence-corrected chi connectivity index (χ1v) is 15.3. The highest BCUT2D eigenvalue weighted by Crippen LogP contribution is 2.44. The van der Waals surface area contributed by atoms with Crippen molar-refractivity contribution in [2.24, 2.45) is 0 Å².